The molecule has 0 saturated heterocycles. The molecule has 2 N–H and O–H groups in total. The standard InChI is InChI=1S/C12H11ClIN3O2/c1-19-9-4-2-3-8(13)7(9)5-15-11-10(14)12(18)17-6-16-11/h2-4,6H,5H2,1H3,(H2,15,16,17,18). The van der Waals surface area contributed by atoms with Crippen molar-refractivity contribution in [2.75, 3.05) is 12.4 Å². The molecule has 0 aliphatic rings. The first-order chi connectivity index (χ1) is 9.13. The highest BCUT2D eigenvalue weighted by Crippen LogP contribution is 2.27. The average Bonchev–Trinajstić information content (AvgIpc) is 2.41. The highest BCUT2D eigenvalue weighted by Gasteiger charge is 2.09. The molecule has 100 valence electrons. The van der Waals surface area contributed by atoms with Crippen LogP contribution in [-0.4, -0.2) is 17.1 Å². The van der Waals surface area contributed by atoms with Crippen LogP contribution in [0.2, 0.25) is 5.02 Å². The van der Waals surface area contributed by atoms with Gasteiger partial charge in [-0.2, -0.15) is 0 Å². The van der Waals surface area contributed by atoms with Crippen LogP contribution in [-0.2, 0) is 6.54 Å². The van der Waals surface area contributed by atoms with Gasteiger partial charge in [0, 0.05) is 17.1 Å². The monoisotopic (exact) mass is 391 g/mol. The first kappa shape index (κ1) is 14.1. The van der Waals surface area contributed by atoms with Gasteiger partial charge in [-0.05, 0) is 34.7 Å². The Bertz CT molecular complexity index is 645. The lowest BCUT2D eigenvalue weighted by Crippen LogP contribution is -2.15. The maximum absolute atomic E-state index is 11.4. The summed E-state index contributed by atoms with van der Waals surface area (Å²) in [4.78, 5) is 18.0. The van der Waals surface area contributed by atoms with E-state index in [1.54, 1.807) is 13.2 Å². The van der Waals surface area contributed by atoms with Gasteiger partial charge in [0.1, 0.15) is 15.1 Å². The van der Waals surface area contributed by atoms with E-state index in [-0.39, 0.29) is 5.56 Å². The van der Waals surface area contributed by atoms with E-state index < -0.39 is 0 Å². The lowest BCUT2D eigenvalue weighted by molar-refractivity contribution is 0.410. The Hall–Kier alpha value is -1.28. The molecule has 0 radical (unpaired) electrons. The van der Waals surface area contributed by atoms with E-state index in [0.717, 1.165) is 5.56 Å². The lowest BCUT2D eigenvalue weighted by Gasteiger charge is -2.12. The topological polar surface area (TPSA) is 67.0 Å². The van der Waals surface area contributed by atoms with Gasteiger partial charge in [-0.25, -0.2) is 4.98 Å². The molecule has 0 spiro atoms. The third-order valence-corrected chi connectivity index (χ3v) is 3.88. The van der Waals surface area contributed by atoms with Crippen molar-refractivity contribution in [2.45, 2.75) is 6.54 Å². The number of H-pyrrole nitrogens is 1. The quantitative estimate of drug-likeness (QED) is 0.787. The van der Waals surface area contributed by atoms with Crippen molar-refractivity contribution in [3.8, 4) is 5.75 Å². The summed E-state index contributed by atoms with van der Waals surface area (Å²) in [5.41, 5.74) is 0.647. The normalized spacial score (nSPS) is 10.3. The Balaban J connectivity index is 2.24. The highest BCUT2D eigenvalue weighted by atomic mass is 127. The fraction of sp³-hybridized carbons (Fsp3) is 0.167. The molecule has 1 heterocycles. The minimum absolute atomic E-state index is 0.177. The third-order valence-electron chi connectivity index (χ3n) is 2.52. The minimum atomic E-state index is -0.177. The molecule has 0 atom stereocenters. The lowest BCUT2D eigenvalue weighted by atomic mass is 10.2. The van der Waals surface area contributed by atoms with Crippen LogP contribution in [0.25, 0.3) is 0 Å². The molecule has 0 saturated carbocycles. The number of nitrogens with one attached hydrogen (secondary N) is 2. The predicted octanol–water partition coefficient (Wildman–Crippen LogP) is 2.65. The van der Waals surface area contributed by atoms with Crippen LogP contribution in [0.5, 0.6) is 5.75 Å². The number of aromatic amines is 1. The first-order valence-electron chi connectivity index (χ1n) is 5.42. The van der Waals surface area contributed by atoms with Gasteiger partial charge in [0.15, 0.2) is 0 Å². The first-order valence-corrected chi connectivity index (χ1v) is 6.87. The zero-order chi connectivity index (χ0) is 13.8. The largest absolute Gasteiger partial charge is 0.496 e. The van der Waals surface area contributed by atoms with Crippen LogP contribution in [0.15, 0.2) is 29.3 Å². The Kier molecular flexibility index (Phi) is 4.65. The Morgan fingerprint density at radius 3 is 3.05 bits per heavy atom. The van der Waals surface area contributed by atoms with E-state index in [1.807, 2.05) is 34.7 Å². The molecule has 0 fully saturated rings. The molecule has 2 aromatic rings. The molecule has 5 nitrogen and oxygen atoms in total. The van der Waals surface area contributed by atoms with Crippen LogP contribution in [0.4, 0.5) is 5.82 Å². The Morgan fingerprint density at radius 1 is 1.53 bits per heavy atom. The highest BCUT2D eigenvalue weighted by molar-refractivity contribution is 14.1. The minimum Gasteiger partial charge on any atom is -0.496 e. The fourth-order valence-corrected chi connectivity index (χ4v) is 2.30. The number of benzene rings is 1. The smallest absolute Gasteiger partial charge is 0.266 e. The molecule has 0 bridgehead atoms. The molecule has 19 heavy (non-hydrogen) atoms. The summed E-state index contributed by atoms with van der Waals surface area (Å²) in [6.45, 7) is 0.426. The summed E-state index contributed by atoms with van der Waals surface area (Å²) in [6.07, 6.45) is 1.36. The molecule has 2 rings (SSSR count). The van der Waals surface area contributed by atoms with Crippen molar-refractivity contribution in [1.29, 1.82) is 0 Å². The average molecular weight is 392 g/mol. The summed E-state index contributed by atoms with van der Waals surface area (Å²) >= 11 is 8.08. The second-order valence-corrected chi connectivity index (χ2v) is 5.15. The maximum atomic E-state index is 11.4. The summed E-state index contributed by atoms with van der Waals surface area (Å²) in [5.74, 6) is 1.21. The molecule has 0 amide bonds. The van der Waals surface area contributed by atoms with Crippen molar-refractivity contribution < 1.29 is 4.74 Å². The van der Waals surface area contributed by atoms with E-state index in [4.69, 9.17) is 16.3 Å². The van der Waals surface area contributed by atoms with Crippen molar-refractivity contribution in [2.24, 2.45) is 0 Å². The van der Waals surface area contributed by atoms with Crippen molar-refractivity contribution >= 4 is 40.0 Å². The van der Waals surface area contributed by atoms with E-state index in [9.17, 15) is 4.79 Å². The molecule has 7 heteroatoms. The van der Waals surface area contributed by atoms with Crippen molar-refractivity contribution in [1.82, 2.24) is 9.97 Å². The van der Waals surface area contributed by atoms with E-state index in [1.165, 1.54) is 6.33 Å². The van der Waals surface area contributed by atoms with Gasteiger partial charge < -0.3 is 15.0 Å². The number of halogens is 2. The second kappa shape index (κ2) is 6.25. The Labute approximate surface area is 128 Å². The van der Waals surface area contributed by atoms with Crippen LogP contribution in [0.1, 0.15) is 5.56 Å². The van der Waals surface area contributed by atoms with Crippen molar-refractivity contribution in [3.05, 3.63) is 49.0 Å². The van der Waals surface area contributed by atoms with E-state index in [0.29, 0.717) is 26.7 Å². The zero-order valence-corrected chi connectivity index (χ0v) is 12.9. The fourth-order valence-electron chi connectivity index (χ4n) is 1.58. The molecule has 0 unspecified atom stereocenters. The number of methoxy groups -OCH3 is 1. The van der Waals surface area contributed by atoms with Crippen LogP contribution >= 0.6 is 34.2 Å². The van der Waals surface area contributed by atoms with Gasteiger partial charge in [-0.3, -0.25) is 4.79 Å². The number of rotatable bonds is 4. The van der Waals surface area contributed by atoms with Gasteiger partial charge in [0.05, 0.1) is 13.4 Å². The van der Waals surface area contributed by atoms with Crippen LogP contribution in [0, 0.1) is 3.57 Å². The summed E-state index contributed by atoms with van der Waals surface area (Å²) < 4.78 is 5.76. The van der Waals surface area contributed by atoms with Gasteiger partial charge in [-0.1, -0.05) is 17.7 Å². The zero-order valence-electron chi connectivity index (χ0n) is 10.0. The molecule has 0 aliphatic heterocycles. The number of hydrogen-bond acceptors (Lipinski definition) is 4. The van der Waals surface area contributed by atoms with Gasteiger partial charge in [-0.15, -0.1) is 0 Å². The van der Waals surface area contributed by atoms with Crippen LogP contribution < -0.4 is 15.6 Å². The summed E-state index contributed by atoms with van der Waals surface area (Å²) in [7, 11) is 1.59. The number of hydrogen-bond donors (Lipinski definition) is 2. The number of aromatic nitrogens is 2. The number of anilines is 1. The van der Waals surface area contributed by atoms with E-state index >= 15 is 0 Å². The second-order valence-electron chi connectivity index (χ2n) is 3.67. The third kappa shape index (κ3) is 3.19. The summed E-state index contributed by atoms with van der Waals surface area (Å²) in [6, 6.07) is 5.44. The van der Waals surface area contributed by atoms with Gasteiger partial charge >= 0.3 is 0 Å². The molecular weight excluding hydrogens is 381 g/mol. The summed E-state index contributed by atoms with van der Waals surface area (Å²) in [5, 5.41) is 3.69. The number of nitrogens with zero attached hydrogens (tertiary/aromatic N) is 1. The van der Waals surface area contributed by atoms with Gasteiger partial charge in [0.25, 0.3) is 5.56 Å². The van der Waals surface area contributed by atoms with Crippen LogP contribution in [0.3, 0.4) is 0 Å². The predicted molar refractivity (Wildman–Crippen MR) is 82.9 cm³/mol. The molecule has 0 aliphatic carbocycles. The number of ether oxygens (including phenoxy) is 1. The van der Waals surface area contributed by atoms with Crippen molar-refractivity contribution in [3.63, 3.8) is 0 Å². The Morgan fingerprint density at radius 2 is 2.32 bits per heavy atom. The van der Waals surface area contributed by atoms with Gasteiger partial charge in [0.2, 0.25) is 0 Å². The SMILES string of the molecule is COc1cccc(Cl)c1CNc1nc[nH]c(=O)c1I. The maximum Gasteiger partial charge on any atom is 0.266 e. The molecule has 1 aromatic carbocycles. The molecular formula is C12H11ClIN3O2. The van der Waals surface area contributed by atoms with E-state index in [2.05, 4.69) is 15.3 Å². The molecule has 1 aromatic heterocycles.